The highest BCUT2D eigenvalue weighted by molar-refractivity contribution is 7.85. The molecule has 224 valence electrons. The molecule has 1 aliphatic heterocycles. The summed E-state index contributed by atoms with van der Waals surface area (Å²) in [6, 6.07) is 28.6. The van der Waals surface area contributed by atoms with Crippen LogP contribution in [0.5, 0.6) is 0 Å². The van der Waals surface area contributed by atoms with Gasteiger partial charge in [0.1, 0.15) is 0 Å². The molecule has 3 aromatic rings. The predicted molar refractivity (Wildman–Crippen MR) is 179 cm³/mol. The van der Waals surface area contributed by atoms with E-state index in [0.717, 1.165) is 61.0 Å². The van der Waals surface area contributed by atoms with Crippen molar-refractivity contribution in [2.24, 2.45) is 17.3 Å². The van der Waals surface area contributed by atoms with Crippen LogP contribution in [-0.4, -0.2) is 18.0 Å². The van der Waals surface area contributed by atoms with Crippen LogP contribution >= 0.6 is 7.14 Å². The van der Waals surface area contributed by atoms with E-state index >= 15 is 4.57 Å². The Morgan fingerprint density at radius 2 is 1.48 bits per heavy atom. The summed E-state index contributed by atoms with van der Waals surface area (Å²) in [6.45, 7) is 7.86. The van der Waals surface area contributed by atoms with E-state index < -0.39 is 7.14 Å². The first kappa shape index (κ1) is 28.2. The number of rotatable bonds is 4. The Kier molecular flexibility index (Phi) is 6.67. The molecule has 3 nitrogen and oxygen atoms in total. The van der Waals surface area contributed by atoms with Gasteiger partial charge in [-0.05, 0) is 85.1 Å². The number of hydrogen-bond donors (Lipinski definition) is 0. The summed E-state index contributed by atoms with van der Waals surface area (Å²) in [6.07, 6.45) is 9.75. The number of hydrogen-bond acceptors (Lipinski definition) is 3. The molecule has 1 spiro atoms. The minimum atomic E-state index is -3.05. The lowest BCUT2D eigenvalue weighted by Gasteiger charge is -2.55. The Hall–Kier alpha value is -3.26. The van der Waals surface area contributed by atoms with Crippen molar-refractivity contribution in [1.29, 1.82) is 0 Å². The maximum atomic E-state index is 15.1. The van der Waals surface area contributed by atoms with Crippen LogP contribution in [0.1, 0.15) is 69.8 Å². The van der Waals surface area contributed by atoms with Gasteiger partial charge >= 0.3 is 0 Å². The molecule has 4 aliphatic carbocycles. The Morgan fingerprint density at radius 3 is 2.11 bits per heavy atom. The molecule has 1 unspecified atom stereocenters. The van der Waals surface area contributed by atoms with E-state index in [1.54, 1.807) is 5.57 Å². The summed E-state index contributed by atoms with van der Waals surface area (Å²) in [7, 11) is -3.05. The van der Waals surface area contributed by atoms with Crippen molar-refractivity contribution in [2.75, 3.05) is 6.61 Å². The van der Waals surface area contributed by atoms with Gasteiger partial charge in [-0.3, -0.25) is 4.79 Å². The molecule has 0 aromatic heterocycles. The SMILES string of the molecule is C=C1CCO[C@@]12CC[C@H]1[C@@H]3CCC4=CC(=O)CCC4=C3C(c3ccc(P(=O)(c4ccccc4)c4ccccc4)cc3)C[C@@]12C. The van der Waals surface area contributed by atoms with E-state index in [4.69, 9.17) is 4.74 Å². The fourth-order valence-electron chi connectivity index (χ4n) is 10.1. The quantitative estimate of drug-likeness (QED) is 0.226. The van der Waals surface area contributed by atoms with Gasteiger partial charge in [0, 0.05) is 33.7 Å². The Morgan fingerprint density at radius 1 is 0.818 bits per heavy atom. The topological polar surface area (TPSA) is 43.4 Å². The highest BCUT2D eigenvalue weighted by Crippen LogP contribution is 2.70. The van der Waals surface area contributed by atoms with Gasteiger partial charge in [-0.25, -0.2) is 0 Å². The van der Waals surface area contributed by atoms with Gasteiger partial charge in [0.05, 0.1) is 12.2 Å². The highest BCUT2D eigenvalue weighted by Gasteiger charge is 2.66. The minimum absolute atomic E-state index is 0.00766. The van der Waals surface area contributed by atoms with E-state index in [1.807, 2.05) is 66.7 Å². The van der Waals surface area contributed by atoms with E-state index in [0.29, 0.717) is 18.3 Å². The van der Waals surface area contributed by atoms with Gasteiger partial charge in [-0.15, -0.1) is 0 Å². The van der Waals surface area contributed by atoms with Crippen molar-refractivity contribution in [3.05, 3.63) is 125 Å². The zero-order chi connectivity index (χ0) is 30.1. The van der Waals surface area contributed by atoms with Crippen molar-refractivity contribution in [3.63, 3.8) is 0 Å². The zero-order valence-corrected chi connectivity index (χ0v) is 26.5. The Labute approximate surface area is 261 Å². The first-order valence-corrected chi connectivity index (χ1v) is 18.2. The van der Waals surface area contributed by atoms with Gasteiger partial charge in [-0.1, -0.05) is 104 Å². The fourth-order valence-corrected chi connectivity index (χ4v) is 12.7. The smallest absolute Gasteiger partial charge is 0.171 e. The molecule has 3 aromatic carbocycles. The molecule has 5 atom stereocenters. The van der Waals surface area contributed by atoms with Gasteiger partial charge in [0.25, 0.3) is 0 Å². The standard InChI is InChI=1S/C40H41O3P/c1-27-22-24-43-40(27)23-21-37-35-19-15-29-25-30(41)16-20-34(29)38(35)36(26-39(37,40)2)28-13-17-33(18-14-28)44(42,31-9-5-3-6-10-31)32-11-7-4-8-12-32/h3-14,17-18,25,35-37H,1,15-16,19-24,26H2,2H3/t35-,36?,37-,39-,40-/m0/s1. The van der Waals surface area contributed by atoms with Gasteiger partial charge in [0.2, 0.25) is 0 Å². The first-order chi connectivity index (χ1) is 21.3. The molecule has 3 fully saturated rings. The second kappa shape index (κ2) is 10.4. The van der Waals surface area contributed by atoms with Crippen LogP contribution in [0, 0.1) is 17.3 Å². The van der Waals surface area contributed by atoms with Crippen molar-refractivity contribution < 1.29 is 14.1 Å². The molecular formula is C40H41O3P. The largest absolute Gasteiger partial charge is 0.370 e. The average molecular weight is 601 g/mol. The van der Waals surface area contributed by atoms with E-state index in [9.17, 15) is 4.79 Å². The summed E-state index contributed by atoms with van der Waals surface area (Å²) in [5.41, 5.74) is 6.68. The molecule has 0 radical (unpaired) electrons. The van der Waals surface area contributed by atoms with Crippen LogP contribution in [0.25, 0.3) is 0 Å². The van der Waals surface area contributed by atoms with Crippen molar-refractivity contribution in [1.82, 2.24) is 0 Å². The number of carbonyl (C=O) groups excluding carboxylic acids is 1. The number of ether oxygens (including phenoxy) is 1. The normalized spacial score (nSPS) is 31.5. The molecule has 0 amide bonds. The van der Waals surface area contributed by atoms with E-state index in [-0.39, 0.29) is 22.7 Å². The van der Waals surface area contributed by atoms with Crippen molar-refractivity contribution >= 4 is 28.8 Å². The number of fused-ring (bicyclic) bond motifs is 5. The van der Waals surface area contributed by atoms with Gasteiger partial charge < -0.3 is 9.30 Å². The zero-order valence-electron chi connectivity index (χ0n) is 25.6. The lowest BCUT2D eigenvalue weighted by molar-refractivity contribution is -0.114. The van der Waals surface area contributed by atoms with Crippen molar-refractivity contribution in [3.8, 4) is 0 Å². The molecular weight excluding hydrogens is 559 g/mol. The Bertz CT molecular complexity index is 1710. The maximum Gasteiger partial charge on any atom is 0.171 e. The molecule has 2 saturated carbocycles. The van der Waals surface area contributed by atoms with Crippen LogP contribution in [0.15, 0.2) is 120 Å². The predicted octanol–water partition coefficient (Wildman–Crippen LogP) is 7.94. The van der Waals surface area contributed by atoms with Gasteiger partial charge in [-0.2, -0.15) is 0 Å². The number of allylic oxidation sites excluding steroid dienone is 4. The van der Waals surface area contributed by atoms with Gasteiger partial charge in [0.15, 0.2) is 12.9 Å². The summed E-state index contributed by atoms with van der Waals surface area (Å²) < 4.78 is 21.8. The second-order valence-electron chi connectivity index (χ2n) is 13.9. The third-order valence-corrected chi connectivity index (χ3v) is 15.2. The van der Waals surface area contributed by atoms with Crippen LogP contribution in [0.3, 0.4) is 0 Å². The van der Waals surface area contributed by atoms with E-state index in [1.165, 1.54) is 28.7 Å². The molecule has 5 aliphatic rings. The third kappa shape index (κ3) is 3.98. The second-order valence-corrected chi connectivity index (χ2v) is 16.7. The summed E-state index contributed by atoms with van der Waals surface area (Å²) in [4.78, 5) is 12.5. The molecule has 0 N–H and O–H groups in total. The molecule has 0 bridgehead atoms. The highest BCUT2D eigenvalue weighted by atomic mass is 31.2. The Balaban J connectivity index is 1.26. The van der Waals surface area contributed by atoms with Crippen LogP contribution in [-0.2, 0) is 14.1 Å². The molecule has 1 saturated heterocycles. The lowest BCUT2D eigenvalue weighted by atomic mass is 9.50. The fraction of sp³-hybridized carbons (Fsp3) is 0.375. The first-order valence-electron chi connectivity index (χ1n) is 16.5. The molecule has 1 heterocycles. The molecule has 44 heavy (non-hydrogen) atoms. The average Bonchev–Trinajstić information content (AvgIpc) is 3.59. The minimum Gasteiger partial charge on any atom is -0.370 e. The summed E-state index contributed by atoms with van der Waals surface area (Å²) >= 11 is 0. The lowest BCUT2D eigenvalue weighted by Crippen LogP contribution is -2.52. The van der Waals surface area contributed by atoms with Crippen LogP contribution in [0.4, 0.5) is 0 Å². The van der Waals surface area contributed by atoms with Crippen molar-refractivity contribution in [2.45, 2.75) is 69.8 Å². The van der Waals surface area contributed by atoms with Crippen LogP contribution < -0.4 is 15.9 Å². The monoisotopic (exact) mass is 600 g/mol. The number of ketones is 1. The molecule has 4 heteroatoms. The third-order valence-electron chi connectivity index (χ3n) is 12.1. The molecule has 8 rings (SSSR count). The van der Waals surface area contributed by atoms with Crippen LogP contribution in [0.2, 0.25) is 0 Å². The summed E-state index contributed by atoms with van der Waals surface area (Å²) in [5, 5.41) is 2.58. The number of benzene rings is 3. The maximum absolute atomic E-state index is 15.1. The van der Waals surface area contributed by atoms with E-state index in [2.05, 4.69) is 37.8 Å². The summed E-state index contributed by atoms with van der Waals surface area (Å²) in [5.74, 6) is 1.57. The number of carbonyl (C=O) groups is 1.